The van der Waals surface area contributed by atoms with Crippen molar-refractivity contribution in [3.63, 3.8) is 0 Å². The van der Waals surface area contributed by atoms with Crippen molar-refractivity contribution in [2.24, 2.45) is 5.92 Å². The number of halogens is 7. The lowest BCUT2D eigenvalue weighted by Crippen LogP contribution is -2.41. The van der Waals surface area contributed by atoms with Crippen LogP contribution in [-0.2, 0) is 16.2 Å². The molecule has 2 aromatic rings. The Balaban J connectivity index is 1.93. The number of sulfonamides is 1. The fraction of sp³-hybridized carbons (Fsp3) is 0.429. The van der Waals surface area contributed by atoms with E-state index in [1.165, 1.54) is 12.1 Å². The molecule has 1 fully saturated rings. The van der Waals surface area contributed by atoms with Gasteiger partial charge in [-0.1, -0.05) is 24.6 Å². The van der Waals surface area contributed by atoms with Crippen LogP contribution in [0.4, 0.5) is 32.0 Å². The topological polar surface area (TPSA) is 37.4 Å². The van der Waals surface area contributed by atoms with Crippen LogP contribution in [0.15, 0.2) is 59.5 Å². The molecule has 0 spiro atoms. The molecule has 176 valence electrons. The van der Waals surface area contributed by atoms with Crippen molar-refractivity contribution in [2.75, 3.05) is 10.8 Å². The van der Waals surface area contributed by atoms with Crippen molar-refractivity contribution in [2.45, 2.75) is 47.8 Å². The predicted molar refractivity (Wildman–Crippen MR) is 109 cm³/mol. The number of para-hydroxylation sites is 1. The summed E-state index contributed by atoms with van der Waals surface area (Å²) in [6.07, 6.45) is -9.20. The maximum atomic E-state index is 13.4. The van der Waals surface area contributed by atoms with Crippen LogP contribution in [0, 0.1) is 5.92 Å². The Kier molecular flexibility index (Phi) is 6.77. The van der Waals surface area contributed by atoms with Crippen molar-refractivity contribution in [1.82, 2.24) is 0 Å². The second-order valence-corrected chi connectivity index (χ2v) is 10.3. The Bertz CT molecular complexity index is 1020. The molecule has 2 unspecified atom stereocenters. The summed E-state index contributed by atoms with van der Waals surface area (Å²) in [6, 6.07) is 10.6. The molecule has 0 amide bonds. The van der Waals surface area contributed by atoms with Crippen molar-refractivity contribution in [3.05, 3.63) is 60.2 Å². The number of benzene rings is 2. The Morgan fingerprint density at radius 1 is 0.969 bits per heavy atom. The molecule has 3 rings (SSSR count). The van der Waals surface area contributed by atoms with Gasteiger partial charge in [-0.2, -0.15) is 26.3 Å². The first kappa shape index (κ1) is 24.7. The van der Waals surface area contributed by atoms with Gasteiger partial charge in [-0.15, -0.1) is 11.6 Å². The smallest absolute Gasteiger partial charge is 0.266 e. The fourth-order valence-corrected chi connectivity index (χ4v) is 5.92. The van der Waals surface area contributed by atoms with Crippen LogP contribution in [0.3, 0.4) is 0 Å². The highest BCUT2D eigenvalue weighted by molar-refractivity contribution is 7.92. The zero-order chi connectivity index (χ0) is 23.8. The number of hydrogen-bond donors (Lipinski definition) is 0. The number of nitrogens with zero attached hydrogens (tertiary/aromatic N) is 1. The summed E-state index contributed by atoms with van der Waals surface area (Å²) in [5.41, 5.74) is -0.837. The summed E-state index contributed by atoms with van der Waals surface area (Å²) in [6.45, 7) is -0.358. The van der Waals surface area contributed by atoms with Gasteiger partial charge in [0.25, 0.3) is 10.0 Å². The average Bonchev–Trinajstić information content (AvgIpc) is 3.10. The van der Waals surface area contributed by atoms with Crippen LogP contribution in [0.2, 0.25) is 0 Å². The molecular weight excluding hydrogens is 480 g/mol. The third-order valence-electron chi connectivity index (χ3n) is 5.65. The van der Waals surface area contributed by atoms with Gasteiger partial charge in [0.1, 0.15) is 0 Å². The van der Waals surface area contributed by atoms with Crippen molar-refractivity contribution < 1.29 is 34.8 Å². The molecule has 2 atom stereocenters. The van der Waals surface area contributed by atoms with Crippen LogP contribution >= 0.6 is 11.6 Å². The van der Waals surface area contributed by atoms with E-state index in [1.54, 1.807) is 18.2 Å². The van der Waals surface area contributed by atoms with Crippen molar-refractivity contribution >= 4 is 27.3 Å². The Labute approximate surface area is 187 Å². The number of rotatable bonds is 6. The van der Waals surface area contributed by atoms with Gasteiger partial charge in [-0.3, -0.25) is 4.31 Å². The van der Waals surface area contributed by atoms with Gasteiger partial charge in [0, 0.05) is 6.54 Å². The van der Waals surface area contributed by atoms with Gasteiger partial charge in [0.2, 0.25) is 0 Å². The number of hydrogen-bond acceptors (Lipinski definition) is 2. The summed E-state index contributed by atoms with van der Waals surface area (Å²) in [4.78, 5) is -2.06. The first-order chi connectivity index (χ1) is 14.7. The van der Waals surface area contributed by atoms with Gasteiger partial charge in [0.05, 0.1) is 26.9 Å². The van der Waals surface area contributed by atoms with E-state index in [0.29, 0.717) is 12.1 Å². The molecule has 0 saturated heterocycles. The molecule has 0 heterocycles. The quantitative estimate of drug-likeness (QED) is 0.330. The van der Waals surface area contributed by atoms with Crippen molar-refractivity contribution in [1.29, 1.82) is 0 Å². The third-order valence-corrected chi connectivity index (χ3v) is 8.13. The van der Waals surface area contributed by atoms with E-state index < -0.39 is 43.6 Å². The molecule has 11 heteroatoms. The van der Waals surface area contributed by atoms with Crippen LogP contribution in [0.1, 0.15) is 31.2 Å². The third kappa shape index (κ3) is 5.17. The minimum atomic E-state index is -4.64. The molecule has 1 aliphatic carbocycles. The maximum Gasteiger partial charge on any atom is 0.416 e. The minimum absolute atomic E-state index is 0.0850. The zero-order valence-corrected chi connectivity index (χ0v) is 18.2. The molecular formula is C21H20ClF6NO2S. The fourth-order valence-electron chi connectivity index (χ4n) is 4.00. The largest absolute Gasteiger partial charge is 0.416 e. The van der Waals surface area contributed by atoms with Gasteiger partial charge in [-0.05, 0) is 55.7 Å². The highest BCUT2D eigenvalue weighted by Crippen LogP contribution is 2.51. The Morgan fingerprint density at radius 3 is 2.09 bits per heavy atom. The summed E-state index contributed by atoms with van der Waals surface area (Å²) in [5.74, 6) is -1.76. The van der Waals surface area contributed by atoms with E-state index in [2.05, 4.69) is 0 Å². The molecule has 0 radical (unpaired) electrons. The summed E-state index contributed by atoms with van der Waals surface area (Å²) < 4.78 is 106. The van der Waals surface area contributed by atoms with Crippen LogP contribution in [0.25, 0.3) is 0 Å². The summed E-state index contributed by atoms with van der Waals surface area (Å²) in [5, 5.41) is 0. The predicted octanol–water partition coefficient (Wildman–Crippen LogP) is 6.63. The lowest BCUT2D eigenvalue weighted by atomic mass is 9.91. The first-order valence-corrected chi connectivity index (χ1v) is 11.6. The van der Waals surface area contributed by atoms with Crippen LogP contribution < -0.4 is 4.31 Å². The van der Waals surface area contributed by atoms with E-state index in [9.17, 15) is 34.8 Å². The number of alkyl halides is 7. The Hall–Kier alpha value is -1.94. The maximum absolute atomic E-state index is 13.4. The molecule has 0 aliphatic heterocycles. The highest BCUT2D eigenvalue weighted by atomic mass is 35.5. The molecule has 1 saturated carbocycles. The van der Waals surface area contributed by atoms with E-state index in [1.807, 2.05) is 0 Å². The summed E-state index contributed by atoms with van der Waals surface area (Å²) in [7, 11) is -4.36. The van der Waals surface area contributed by atoms with E-state index in [4.69, 9.17) is 11.6 Å². The summed E-state index contributed by atoms with van der Waals surface area (Å²) >= 11 is 6.35. The zero-order valence-electron chi connectivity index (χ0n) is 16.6. The second-order valence-electron chi connectivity index (χ2n) is 7.71. The molecule has 3 nitrogen and oxygen atoms in total. The van der Waals surface area contributed by atoms with E-state index in [-0.39, 0.29) is 37.9 Å². The highest BCUT2D eigenvalue weighted by Gasteiger charge is 2.55. The van der Waals surface area contributed by atoms with Gasteiger partial charge < -0.3 is 0 Å². The lowest BCUT2D eigenvalue weighted by Gasteiger charge is -2.33. The van der Waals surface area contributed by atoms with Gasteiger partial charge in [0.15, 0.2) is 0 Å². The molecule has 32 heavy (non-hydrogen) atoms. The van der Waals surface area contributed by atoms with E-state index >= 15 is 0 Å². The minimum Gasteiger partial charge on any atom is -0.266 e. The molecule has 0 bridgehead atoms. The van der Waals surface area contributed by atoms with Gasteiger partial charge in [-0.25, -0.2) is 8.42 Å². The second kappa shape index (κ2) is 8.78. The normalized spacial score (nSPS) is 22.2. The standard InChI is InChI=1S/C21H20ClF6NO2S/c22-19(12-4-7-18(19)21(26,27)28)13-14-29(16-5-2-1-3-6-16)32(30,31)17-10-8-15(9-11-17)20(23,24)25/h1-3,5-6,8-11,18H,4,7,12-14H2. The average molecular weight is 500 g/mol. The van der Waals surface area contributed by atoms with Crippen molar-refractivity contribution in [3.8, 4) is 0 Å². The van der Waals surface area contributed by atoms with E-state index in [0.717, 1.165) is 16.4 Å². The Morgan fingerprint density at radius 2 is 1.56 bits per heavy atom. The molecule has 1 aliphatic rings. The SMILES string of the molecule is O=S(=O)(c1ccc(C(F)(F)F)cc1)N(CCC1(Cl)CCCC1C(F)(F)F)c1ccccc1. The first-order valence-electron chi connectivity index (χ1n) is 9.76. The van der Waals surface area contributed by atoms with Gasteiger partial charge >= 0.3 is 12.4 Å². The number of anilines is 1. The monoisotopic (exact) mass is 499 g/mol. The lowest BCUT2D eigenvalue weighted by molar-refractivity contribution is -0.179. The molecule has 2 aromatic carbocycles. The van der Waals surface area contributed by atoms with Crippen LogP contribution in [0.5, 0.6) is 0 Å². The molecule has 0 aromatic heterocycles. The van der Waals surface area contributed by atoms with Crippen LogP contribution in [-0.4, -0.2) is 26.0 Å². The molecule has 0 N–H and O–H groups in total.